The maximum absolute atomic E-state index is 5.45. The van der Waals surface area contributed by atoms with Crippen molar-refractivity contribution in [3.63, 3.8) is 0 Å². The van der Waals surface area contributed by atoms with Gasteiger partial charge in [0.1, 0.15) is 5.01 Å². The summed E-state index contributed by atoms with van der Waals surface area (Å²) >= 11 is 8.91. The molecule has 0 aliphatic carbocycles. The molecule has 23 heavy (non-hydrogen) atoms. The maximum atomic E-state index is 5.45. The molecule has 3 heterocycles. The lowest BCUT2D eigenvalue weighted by Gasteiger charge is -2.36. The Hall–Kier alpha value is -1.34. The van der Waals surface area contributed by atoms with Crippen LogP contribution in [0.15, 0.2) is 41.8 Å². The topological polar surface area (TPSA) is 21.1 Å². The lowest BCUT2D eigenvalue weighted by atomic mass is 9.94. The predicted molar refractivity (Wildman–Crippen MR) is 98.7 cm³/mol. The van der Waals surface area contributed by atoms with Gasteiger partial charge >= 0.3 is 0 Å². The van der Waals surface area contributed by atoms with Crippen LogP contribution in [0.25, 0.3) is 0 Å². The summed E-state index contributed by atoms with van der Waals surface area (Å²) < 4.78 is 2.81. The molecule has 1 aromatic carbocycles. The molecule has 0 bridgehead atoms. The molecule has 0 saturated carbocycles. The lowest BCUT2D eigenvalue weighted by Crippen LogP contribution is -2.37. The highest BCUT2D eigenvalue weighted by molar-refractivity contribution is 7.73. The van der Waals surface area contributed by atoms with Crippen LogP contribution in [0.4, 0.5) is 0 Å². The van der Waals surface area contributed by atoms with Gasteiger partial charge in [-0.15, -0.1) is 11.3 Å². The van der Waals surface area contributed by atoms with Crippen LogP contribution in [0.3, 0.4) is 0 Å². The molecule has 1 unspecified atom stereocenters. The number of hydrogen-bond acceptors (Lipinski definition) is 5. The maximum Gasteiger partial charge on any atom is 0.180 e. The Balaban J connectivity index is 1.73. The van der Waals surface area contributed by atoms with E-state index in [1.54, 1.807) is 11.3 Å². The van der Waals surface area contributed by atoms with E-state index >= 15 is 0 Å². The van der Waals surface area contributed by atoms with Gasteiger partial charge in [-0.05, 0) is 48.1 Å². The molecule has 0 amide bonds. The number of fused-ring (bicyclic) bond motifs is 1. The molecular weight excluding hydrogens is 342 g/mol. The van der Waals surface area contributed by atoms with Crippen LogP contribution < -0.4 is 0 Å². The van der Waals surface area contributed by atoms with E-state index in [-0.39, 0.29) is 6.04 Å². The first-order valence-corrected chi connectivity index (χ1v) is 9.72. The van der Waals surface area contributed by atoms with Gasteiger partial charge in [0.15, 0.2) is 3.95 Å². The fourth-order valence-corrected chi connectivity index (χ4v) is 5.18. The van der Waals surface area contributed by atoms with Crippen molar-refractivity contribution < 1.29 is 0 Å². The zero-order chi connectivity index (χ0) is 15.8. The first kappa shape index (κ1) is 15.2. The summed E-state index contributed by atoms with van der Waals surface area (Å²) in [7, 11) is 0. The summed E-state index contributed by atoms with van der Waals surface area (Å²) in [6.07, 6.45) is 1.10. The molecule has 4 rings (SSSR count). The minimum atomic E-state index is 0.287. The highest BCUT2D eigenvalue weighted by atomic mass is 32.1. The molecular formula is C17H17N3S3. The van der Waals surface area contributed by atoms with Crippen LogP contribution in [0.1, 0.15) is 27.1 Å². The lowest BCUT2D eigenvalue weighted by molar-refractivity contribution is 0.157. The van der Waals surface area contributed by atoms with Gasteiger partial charge in [0, 0.05) is 11.4 Å². The van der Waals surface area contributed by atoms with Crippen LogP contribution in [0, 0.1) is 10.9 Å². The fourth-order valence-electron chi connectivity index (χ4n) is 3.22. The molecule has 0 saturated heterocycles. The van der Waals surface area contributed by atoms with Gasteiger partial charge in [-0.2, -0.15) is 5.10 Å². The minimum Gasteiger partial charge on any atom is -0.273 e. The van der Waals surface area contributed by atoms with E-state index in [1.807, 2.05) is 22.9 Å². The van der Waals surface area contributed by atoms with Crippen molar-refractivity contribution in [1.82, 2.24) is 14.7 Å². The summed E-state index contributed by atoms with van der Waals surface area (Å²) in [5, 5.41) is 7.81. The first-order valence-electron chi connectivity index (χ1n) is 7.62. The summed E-state index contributed by atoms with van der Waals surface area (Å²) in [5.74, 6) is 0. The van der Waals surface area contributed by atoms with E-state index < -0.39 is 0 Å². The molecule has 0 spiro atoms. The number of aryl methyl sites for hydroxylation is 1. The van der Waals surface area contributed by atoms with Crippen molar-refractivity contribution in [1.29, 1.82) is 0 Å². The van der Waals surface area contributed by atoms with Crippen molar-refractivity contribution in [2.75, 3.05) is 6.54 Å². The zero-order valence-electron chi connectivity index (χ0n) is 12.8. The van der Waals surface area contributed by atoms with E-state index in [4.69, 9.17) is 12.2 Å². The molecule has 1 atom stereocenters. The van der Waals surface area contributed by atoms with Crippen LogP contribution in [0.2, 0.25) is 0 Å². The Kier molecular flexibility index (Phi) is 4.15. The quantitative estimate of drug-likeness (QED) is 0.635. The second-order valence-corrected chi connectivity index (χ2v) is 8.53. The molecule has 0 N–H and O–H groups in total. The SMILES string of the molecule is Cc1nn(CN2CCc3sccc3C2c2ccccc2)c(=S)s1. The second-order valence-electron chi connectivity index (χ2n) is 5.70. The molecule has 0 radical (unpaired) electrons. The molecule has 2 aromatic heterocycles. The zero-order valence-corrected chi connectivity index (χ0v) is 15.3. The average Bonchev–Trinajstić information content (AvgIpc) is 3.14. The number of thiophene rings is 1. The summed E-state index contributed by atoms with van der Waals surface area (Å²) in [6.45, 7) is 3.79. The van der Waals surface area contributed by atoms with E-state index in [1.165, 1.54) is 16.0 Å². The summed E-state index contributed by atoms with van der Waals surface area (Å²) in [4.78, 5) is 3.99. The van der Waals surface area contributed by atoms with E-state index in [0.717, 1.165) is 28.6 Å². The van der Waals surface area contributed by atoms with Crippen molar-refractivity contribution in [2.24, 2.45) is 0 Å². The third-order valence-electron chi connectivity index (χ3n) is 4.20. The highest BCUT2D eigenvalue weighted by Gasteiger charge is 2.29. The molecule has 6 heteroatoms. The first-order chi connectivity index (χ1) is 11.2. The minimum absolute atomic E-state index is 0.287. The van der Waals surface area contributed by atoms with E-state index in [9.17, 15) is 0 Å². The van der Waals surface area contributed by atoms with Gasteiger partial charge in [0.2, 0.25) is 0 Å². The van der Waals surface area contributed by atoms with Gasteiger partial charge in [0.25, 0.3) is 0 Å². The van der Waals surface area contributed by atoms with E-state index in [2.05, 4.69) is 51.8 Å². The molecule has 0 fully saturated rings. The Morgan fingerprint density at radius 2 is 2.09 bits per heavy atom. The Morgan fingerprint density at radius 1 is 1.26 bits per heavy atom. The summed E-state index contributed by atoms with van der Waals surface area (Å²) in [6, 6.07) is 13.3. The van der Waals surface area contributed by atoms with Gasteiger partial charge in [-0.1, -0.05) is 41.7 Å². The van der Waals surface area contributed by atoms with E-state index in [0.29, 0.717) is 0 Å². The molecule has 1 aliphatic rings. The smallest absolute Gasteiger partial charge is 0.180 e. The molecule has 1 aliphatic heterocycles. The number of hydrogen-bond donors (Lipinski definition) is 0. The number of rotatable bonds is 3. The van der Waals surface area contributed by atoms with Gasteiger partial charge in [0.05, 0.1) is 12.7 Å². The largest absolute Gasteiger partial charge is 0.273 e. The van der Waals surface area contributed by atoms with Crippen molar-refractivity contribution >= 4 is 34.9 Å². The standard InChI is InChI=1S/C17H17N3S3/c1-12-18-20(17(21)23-12)11-19-9-7-15-14(8-10-22-15)16(19)13-5-3-2-4-6-13/h2-6,8,10,16H,7,9,11H2,1H3. The fraction of sp³-hybridized carbons (Fsp3) is 0.294. The average molecular weight is 360 g/mol. The molecule has 118 valence electrons. The van der Waals surface area contributed by atoms with Crippen molar-refractivity contribution in [2.45, 2.75) is 26.1 Å². The monoisotopic (exact) mass is 359 g/mol. The summed E-state index contributed by atoms with van der Waals surface area (Å²) in [5.41, 5.74) is 2.77. The third kappa shape index (κ3) is 2.92. The Labute approximate surface area is 148 Å². The van der Waals surface area contributed by atoms with Crippen molar-refractivity contribution in [3.05, 3.63) is 66.7 Å². The predicted octanol–water partition coefficient (Wildman–Crippen LogP) is 4.65. The van der Waals surface area contributed by atoms with Crippen LogP contribution in [-0.4, -0.2) is 21.2 Å². The second kappa shape index (κ2) is 6.28. The van der Waals surface area contributed by atoms with Crippen LogP contribution >= 0.6 is 34.9 Å². The normalized spacial score (nSPS) is 18.0. The van der Waals surface area contributed by atoms with Gasteiger partial charge < -0.3 is 0 Å². The number of benzene rings is 1. The molecule has 3 nitrogen and oxygen atoms in total. The molecule has 3 aromatic rings. The van der Waals surface area contributed by atoms with Crippen molar-refractivity contribution in [3.8, 4) is 0 Å². The Bertz CT molecular complexity index is 863. The highest BCUT2D eigenvalue weighted by Crippen LogP contribution is 2.37. The van der Waals surface area contributed by atoms with Crippen LogP contribution in [-0.2, 0) is 13.1 Å². The third-order valence-corrected chi connectivity index (χ3v) is 6.42. The van der Waals surface area contributed by atoms with Crippen LogP contribution in [0.5, 0.6) is 0 Å². The van der Waals surface area contributed by atoms with Gasteiger partial charge in [-0.3, -0.25) is 4.90 Å². The Morgan fingerprint density at radius 3 is 2.83 bits per heavy atom. The van der Waals surface area contributed by atoms with Gasteiger partial charge in [-0.25, -0.2) is 4.68 Å². The number of aromatic nitrogens is 2. The number of nitrogens with zero attached hydrogens (tertiary/aromatic N) is 3.